The molecule has 1 N–H and O–H groups in total. The van der Waals surface area contributed by atoms with E-state index >= 15 is 0 Å². The van der Waals surface area contributed by atoms with E-state index in [4.69, 9.17) is 0 Å². The van der Waals surface area contributed by atoms with Crippen LogP contribution in [0.1, 0.15) is 0 Å². The van der Waals surface area contributed by atoms with Crippen molar-refractivity contribution in [2.75, 3.05) is 5.32 Å². The quantitative estimate of drug-likeness (QED) is 0.506. The van der Waals surface area contributed by atoms with Crippen molar-refractivity contribution < 1.29 is 22.1 Å². The van der Waals surface area contributed by atoms with Gasteiger partial charge in [-0.3, -0.25) is 10.1 Å². The molecular formula is C16H12F2N4O4S. The van der Waals surface area contributed by atoms with Gasteiger partial charge in [0.2, 0.25) is 9.84 Å². The molecule has 3 rings (SSSR count). The molecule has 1 heterocycles. The normalized spacial score (nSPS) is 11.5. The van der Waals surface area contributed by atoms with Crippen LogP contribution in [0.15, 0.2) is 65.8 Å². The summed E-state index contributed by atoms with van der Waals surface area (Å²) in [5.74, 6) is -3.67. The van der Waals surface area contributed by atoms with Crippen LogP contribution in [-0.4, -0.2) is 28.9 Å². The van der Waals surface area contributed by atoms with Gasteiger partial charge >= 0.3 is 5.76 Å². The van der Waals surface area contributed by atoms with Crippen LogP contribution >= 0.6 is 0 Å². The highest BCUT2D eigenvalue weighted by atomic mass is 32.2. The molecule has 0 spiro atoms. The lowest BCUT2D eigenvalue weighted by Gasteiger charge is -2.07. The lowest BCUT2D eigenvalue weighted by atomic mass is 10.2. The molecular weight excluding hydrogens is 382 g/mol. The van der Waals surface area contributed by atoms with Crippen molar-refractivity contribution in [1.29, 1.82) is 0 Å². The number of nitro groups is 1. The first-order chi connectivity index (χ1) is 12.8. The minimum atomic E-state index is -4.94. The molecule has 0 saturated heterocycles. The van der Waals surface area contributed by atoms with Gasteiger partial charge in [-0.1, -0.05) is 18.2 Å². The second-order valence-corrected chi connectivity index (χ2v) is 7.29. The number of alkyl halides is 2. The van der Waals surface area contributed by atoms with Crippen molar-refractivity contribution in [2.24, 2.45) is 0 Å². The Morgan fingerprint density at radius 3 is 2.48 bits per heavy atom. The number of anilines is 2. The van der Waals surface area contributed by atoms with E-state index in [0.29, 0.717) is 11.8 Å². The fourth-order valence-corrected chi connectivity index (χ4v) is 3.05. The second-order valence-electron chi connectivity index (χ2n) is 5.38. The molecule has 0 radical (unpaired) electrons. The molecule has 140 valence electrons. The van der Waals surface area contributed by atoms with Crippen LogP contribution in [0, 0.1) is 10.1 Å². The predicted octanol–water partition coefficient (Wildman–Crippen LogP) is 3.52. The van der Waals surface area contributed by atoms with Gasteiger partial charge in [-0.2, -0.15) is 13.9 Å². The standard InChI is InChI=1S/C16H12F2N4O4S/c17-16(18)27(25,26)13-6-7-14(15(8-13)22(23)24)20-11-9-19-21(10-11)12-4-2-1-3-5-12/h1-10,16,20H. The van der Waals surface area contributed by atoms with Gasteiger partial charge in [0, 0.05) is 6.07 Å². The van der Waals surface area contributed by atoms with Gasteiger partial charge in [0.05, 0.1) is 33.6 Å². The molecule has 1 aromatic heterocycles. The van der Waals surface area contributed by atoms with E-state index in [2.05, 4.69) is 10.4 Å². The molecule has 0 amide bonds. The van der Waals surface area contributed by atoms with Gasteiger partial charge in [0.25, 0.3) is 5.69 Å². The number of rotatable bonds is 6. The second kappa shape index (κ2) is 7.11. The van der Waals surface area contributed by atoms with Crippen LogP contribution in [0.4, 0.5) is 25.8 Å². The topological polar surface area (TPSA) is 107 Å². The Labute approximate surface area is 152 Å². The average Bonchev–Trinajstić information content (AvgIpc) is 3.11. The van der Waals surface area contributed by atoms with Gasteiger partial charge in [-0.15, -0.1) is 0 Å². The van der Waals surface area contributed by atoms with Gasteiger partial charge in [-0.05, 0) is 24.3 Å². The largest absolute Gasteiger partial charge is 0.347 e. The minimum Gasteiger partial charge on any atom is -0.347 e. The monoisotopic (exact) mass is 394 g/mol. The number of hydrogen-bond donors (Lipinski definition) is 1. The van der Waals surface area contributed by atoms with E-state index in [0.717, 1.165) is 17.8 Å². The zero-order valence-corrected chi connectivity index (χ0v) is 14.3. The van der Waals surface area contributed by atoms with E-state index in [1.165, 1.54) is 10.9 Å². The van der Waals surface area contributed by atoms with Gasteiger partial charge in [0.15, 0.2) is 0 Å². The first-order valence-corrected chi connectivity index (χ1v) is 9.01. The lowest BCUT2D eigenvalue weighted by molar-refractivity contribution is -0.384. The van der Waals surface area contributed by atoms with Gasteiger partial charge < -0.3 is 5.32 Å². The average molecular weight is 394 g/mol. The summed E-state index contributed by atoms with van der Waals surface area (Å²) in [6.45, 7) is 0. The molecule has 2 aromatic carbocycles. The smallest absolute Gasteiger partial charge is 0.341 e. The molecule has 11 heteroatoms. The number of nitro benzene ring substituents is 1. The molecule has 0 aliphatic rings. The number of para-hydroxylation sites is 1. The number of aromatic nitrogens is 2. The number of nitrogens with one attached hydrogen (secondary N) is 1. The third-order valence-electron chi connectivity index (χ3n) is 3.61. The highest BCUT2D eigenvalue weighted by molar-refractivity contribution is 7.91. The summed E-state index contributed by atoms with van der Waals surface area (Å²) in [6, 6.07) is 11.6. The molecule has 27 heavy (non-hydrogen) atoms. The van der Waals surface area contributed by atoms with Crippen LogP contribution in [0.5, 0.6) is 0 Å². The summed E-state index contributed by atoms with van der Waals surface area (Å²) in [4.78, 5) is 9.57. The Bertz CT molecular complexity index is 1080. The molecule has 0 fully saturated rings. The van der Waals surface area contributed by atoms with Gasteiger partial charge in [-0.25, -0.2) is 13.1 Å². The van der Waals surface area contributed by atoms with Crippen LogP contribution in [0.25, 0.3) is 5.69 Å². The Morgan fingerprint density at radius 2 is 1.85 bits per heavy atom. The van der Waals surface area contributed by atoms with Crippen molar-refractivity contribution in [1.82, 2.24) is 9.78 Å². The molecule has 0 bridgehead atoms. The maximum Gasteiger partial charge on any atom is 0.341 e. The lowest BCUT2D eigenvalue weighted by Crippen LogP contribution is -2.12. The zero-order chi connectivity index (χ0) is 19.6. The van der Waals surface area contributed by atoms with E-state index in [-0.39, 0.29) is 5.69 Å². The Kier molecular flexibility index (Phi) is 4.86. The summed E-state index contributed by atoms with van der Waals surface area (Å²) in [5, 5.41) is 18.1. The Morgan fingerprint density at radius 1 is 1.15 bits per heavy atom. The number of nitrogens with zero attached hydrogens (tertiary/aromatic N) is 3. The third-order valence-corrected chi connectivity index (χ3v) is 4.99. The van der Waals surface area contributed by atoms with E-state index in [9.17, 15) is 27.3 Å². The van der Waals surface area contributed by atoms with Crippen LogP contribution in [0.2, 0.25) is 0 Å². The Balaban J connectivity index is 1.94. The molecule has 0 aliphatic carbocycles. The minimum absolute atomic E-state index is 0.0548. The summed E-state index contributed by atoms with van der Waals surface area (Å²) in [7, 11) is -4.94. The molecule has 3 aromatic rings. The van der Waals surface area contributed by atoms with Crippen molar-refractivity contribution in [2.45, 2.75) is 10.7 Å². The predicted molar refractivity (Wildman–Crippen MR) is 93.1 cm³/mol. The fourth-order valence-electron chi connectivity index (χ4n) is 2.31. The van der Waals surface area contributed by atoms with Gasteiger partial charge in [0.1, 0.15) is 5.69 Å². The van der Waals surface area contributed by atoms with E-state index in [1.54, 1.807) is 6.20 Å². The number of halogens is 2. The van der Waals surface area contributed by atoms with Crippen molar-refractivity contribution in [3.05, 3.63) is 71.0 Å². The number of sulfone groups is 1. The molecule has 0 atom stereocenters. The fraction of sp³-hybridized carbons (Fsp3) is 0.0625. The Hall–Kier alpha value is -3.34. The maximum atomic E-state index is 12.7. The van der Waals surface area contributed by atoms with Crippen LogP contribution in [-0.2, 0) is 9.84 Å². The highest BCUT2D eigenvalue weighted by Crippen LogP contribution is 2.31. The highest BCUT2D eigenvalue weighted by Gasteiger charge is 2.29. The summed E-state index contributed by atoms with van der Waals surface area (Å²) in [6.07, 6.45) is 2.99. The van der Waals surface area contributed by atoms with Crippen molar-refractivity contribution >= 4 is 26.9 Å². The molecule has 0 unspecified atom stereocenters. The van der Waals surface area contributed by atoms with E-state index < -0.39 is 31.1 Å². The third kappa shape index (κ3) is 3.77. The summed E-state index contributed by atoms with van der Waals surface area (Å²) < 4.78 is 49.9. The first kappa shape index (κ1) is 18.5. The SMILES string of the molecule is O=[N+]([O-])c1cc(S(=O)(=O)C(F)F)ccc1Nc1cnn(-c2ccccc2)c1. The number of hydrogen-bond acceptors (Lipinski definition) is 6. The van der Waals surface area contributed by atoms with Crippen molar-refractivity contribution in [3.8, 4) is 5.69 Å². The number of benzene rings is 2. The summed E-state index contributed by atoms with van der Waals surface area (Å²) in [5.41, 5.74) is 0.454. The van der Waals surface area contributed by atoms with Crippen LogP contribution in [0.3, 0.4) is 0 Å². The van der Waals surface area contributed by atoms with Crippen molar-refractivity contribution in [3.63, 3.8) is 0 Å². The van der Waals surface area contributed by atoms with E-state index in [1.807, 2.05) is 30.3 Å². The maximum absolute atomic E-state index is 12.7. The molecule has 8 nitrogen and oxygen atoms in total. The molecule has 0 aliphatic heterocycles. The summed E-state index contributed by atoms with van der Waals surface area (Å²) >= 11 is 0. The molecule has 0 saturated carbocycles. The van der Waals surface area contributed by atoms with Crippen LogP contribution < -0.4 is 5.32 Å². The first-order valence-electron chi connectivity index (χ1n) is 7.46. The zero-order valence-electron chi connectivity index (χ0n) is 13.5.